The number of primary sulfonamides is 1. The molecule has 0 saturated heterocycles. The molecule has 0 spiro atoms. The zero-order chi connectivity index (χ0) is 13.0. The van der Waals surface area contributed by atoms with Crippen LogP contribution in [0.4, 0.5) is 0 Å². The number of rotatable bonds is 4. The molecule has 0 aliphatic heterocycles. The number of hydrogen-bond acceptors (Lipinski definition) is 2. The third-order valence-corrected chi connectivity index (χ3v) is 5.32. The highest BCUT2D eigenvalue weighted by Crippen LogP contribution is 2.31. The predicted molar refractivity (Wildman–Crippen MR) is 72.5 cm³/mol. The van der Waals surface area contributed by atoms with Crippen molar-refractivity contribution in [1.29, 1.82) is 0 Å². The van der Waals surface area contributed by atoms with Crippen LogP contribution >= 0.6 is 0 Å². The first-order valence-electron chi connectivity index (χ1n) is 6.54. The van der Waals surface area contributed by atoms with Crippen molar-refractivity contribution in [1.82, 2.24) is 0 Å². The Hall–Kier alpha value is -0.870. The van der Waals surface area contributed by atoms with E-state index in [1.807, 2.05) is 24.3 Å². The van der Waals surface area contributed by atoms with Gasteiger partial charge in [-0.05, 0) is 43.2 Å². The van der Waals surface area contributed by atoms with Crippen LogP contribution in [0, 0.1) is 12.0 Å². The van der Waals surface area contributed by atoms with Gasteiger partial charge < -0.3 is 0 Å². The Morgan fingerprint density at radius 1 is 1.22 bits per heavy atom. The molecule has 2 rings (SSSR count). The minimum atomic E-state index is -3.39. The average molecular weight is 266 g/mol. The smallest absolute Gasteiger partial charge is 0.212 e. The van der Waals surface area contributed by atoms with E-state index in [0.717, 1.165) is 38.5 Å². The molecule has 1 aromatic carbocycles. The molecule has 18 heavy (non-hydrogen) atoms. The Morgan fingerprint density at radius 3 is 2.56 bits per heavy atom. The summed E-state index contributed by atoms with van der Waals surface area (Å²) in [5.41, 5.74) is 1.24. The van der Waals surface area contributed by atoms with Gasteiger partial charge in [-0.1, -0.05) is 37.1 Å². The molecule has 2 N–H and O–H groups in total. The maximum Gasteiger partial charge on any atom is 0.212 e. The lowest BCUT2D eigenvalue weighted by Crippen LogP contribution is -2.37. The van der Waals surface area contributed by atoms with E-state index in [1.54, 1.807) is 0 Å². The molecule has 99 valence electrons. The number of sulfonamides is 1. The van der Waals surface area contributed by atoms with Gasteiger partial charge in [0.2, 0.25) is 10.0 Å². The molecule has 0 heterocycles. The van der Waals surface area contributed by atoms with Crippen LogP contribution in [0.1, 0.15) is 37.7 Å². The maximum absolute atomic E-state index is 11.6. The Balaban J connectivity index is 1.98. The maximum atomic E-state index is 11.6. The molecule has 1 aliphatic rings. The number of hydrogen-bond donors (Lipinski definition) is 1. The molecule has 1 fully saturated rings. The van der Waals surface area contributed by atoms with Gasteiger partial charge in [0.05, 0.1) is 5.25 Å². The van der Waals surface area contributed by atoms with E-state index in [9.17, 15) is 8.42 Å². The molecule has 1 aliphatic carbocycles. The first kappa shape index (κ1) is 13.6. The summed E-state index contributed by atoms with van der Waals surface area (Å²) < 4.78 is 23.2. The molecule has 2 unspecified atom stereocenters. The third-order valence-electron chi connectivity index (χ3n) is 3.85. The van der Waals surface area contributed by atoms with Crippen LogP contribution in [0.3, 0.4) is 0 Å². The molecule has 0 aromatic heterocycles. The SMILES string of the molecule is NS(=O)(=O)C1CCCCC1CCc1cc[c]cc1. The summed E-state index contributed by atoms with van der Waals surface area (Å²) in [5, 5.41) is 5.00. The topological polar surface area (TPSA) is 60.2 Å². The van der Waals surface area contributed by atoms with E-state index in [0.29, 0.717) is 0 Å². The fraction of sp³-hybridized carbons (Fsp3) is 0.571. The van der Waals surface area contributed by atoms with E-state index < -0.39 is 10.0 Å². The Kier molecular flexibility index (Phi) is 4.40. The van der Waals surface area contributed by atoms with Crippen molar-refractivity contribution >= 4 is 10.0 Å². The molecular weight excluding hydrogens is 246 g/mol. The highest BCUT2D eigenvalue weighted by Gasteiger charge is 2.32. The number of aryl methyl sites for hydroxylation is 1. The van der Waals surface area contributed by atoms with Gasteiger partial charge in [0.15, 0.2) is 0 Å². The molecule has 1 radical (unpaired) electrons. The van der Waals surface area contributed by atoms with Gasteiger partial charge in [-0.2, -0.15) is 0 Å². The third kappa shape index (κ3) is 3.56. The summed E-state index contributed by atoms with van der Waals surface area (Å²) in [7, 11) is -3.39. The van der Waals surface area contributed by atoms with Crippen molar-refractivity contribution in [3.63, 3.8) is 0 Å². The molecule has 3 nitrogen and oxygen atoms in total. The molecule has 1 aromatic rings. The second-order valence-corrected chi connectivity index (χ2v) is 6.90. The first-order valence-corrected chi connectivity index (χ1v) is 8.15. The zero-order valence-electron chi connectivity index (χ0n) is 10.5. The molecule has 0 bridgehead atoms. The first-order chi connectivity index (χ1) is 8.57. The summed E-state index contributed by atoms with van der Waals surface area (Å²) in [4.78, 5) is 0. The van der Waals surface area contributed by atoms with E-state index in [-0.39, 0.29) is 11.2 Å². The molecule has 4 heteroatoms. The summed E-state index contributed by atoms with van der Waals surface area (Å²) in [6.07, 6.45) is 5.65. The van der Waals surface area contributed by atoms with Gasteiger partial charge in [-0.3, -0.25) is 0 Å². The quantitative estimate of drug-likeness (QED) is 0.908. The number of nitrogens with two attached hydrogens (primary N) is 1. The van der Waals surface area contributed by atoms with E-state index in [4.69, 9.17) is 5.14 Å². The molecule has 0 amide bonds. The predicted octanol–water partition coefficient (Wildman–Crippen LogP) is 2.27. The Bertz CT molecular complexity index is 470. The normalized spacial score (nSPS) is 24.9. The molecule has 1 saturated carbocycles. The molecular formula is C14H20NO2S. The van der Waals surface area contributed by atoms with Gasteiger partial charge in [-0.25, -0.2) is 13.6 Å². The van der Waals surface area contributed by atoms with Crippen molar-refractivity contribution < 1.29 is 8.42 Å². The largest absolute Gasteiger partial charge is 0.228 e. The zero-order valence-corrected chi connectivity index (χ0v) is 11.3. The molecule has 2 atom stereocenters. The second-order valence-electron chi connectivity index (χ2n) is 5.12. The van der Waals surface area contributed by atoms with Gasteiger partial charge >= 0.3 is 0 Å². The van der Waals surface area contributed by atoms with Crippen molar-refractivity contribution in [3.05, 3.63) is 35.9 Å². The monoisotopic (exact) mass is 266 g/mol. The second kappa shape index (κ2) is 5.85. The summed E-state index contributed by atoms with van der Waals surface area (Å²) in [6, 6.07) is 10.9. The van der Waals surface area contributed by atoms with Gasteiger partial charge in [0, 0.05) is 0 Å². The summed E-state index contributed by atoms with van der Waals surface area (Å²) >= 11 is 0. The standard InChI is InChI=1S/C14H20NO2S/c15-18(16,17)14-9-5-4-8-13(14)11-10-12-6-2-1-3-7-12/h2-3,6-7,13-14H,4-5,8-11H2,(H2,15,16,17). The lowest BCUT2D eigenvalue weighted by molar-refractivity contribution is 0.338. The summed E-state index contributed by atoms with van der Waals surface area (Å²) in [6.45, 7) is 0. The van der Waals surface area contributed by atoms with E-state index >= 15 is 0 Å². The van der Waals surface area contributed by atoms with E-state index in [2.05, 4.69) is 6.07 Å². The fourth-order valence-electron chi connectivity index (χ4n) is 2.88. The average Bonchev–Trinajstić information content (AvgIpc) is 2.37. The fourth-order valence-corrected chi connectivity index (χ4v) is 4.18. The van der Waals surface area contributed by atoms with Crippen LogP contribution in [-0.2, 0) is 16.4 Å². The van der Waals surface area contributed by atoms with Gasteiger partial charge in [0.25, 0.3) is 0 Å². The van der Waals surface area contributed by atoms with Crippen LogP contribution in [0.25, 0.3) is 0 Å². The van der Waals surface area contributed by atoms with Crippen molar-refractivity contribution in [3.8, 4) is 0 Å². The summed E-state index contributed by atoms with van der Waals surface area (Å²) in [5.74, 6) is 0.220. The van der Waals surface area contributed by atoms with Gasteiger partial charge in [0.1, 0.15) is 0 Å². The minimum Gasteiger partial charge on any atom is -0.228 e. The van der Waals surface area contributed by atoms with Crippen molar-refractivity contribution in [2.45, 2.75) is 43.8 Å². The van der Waals surface area contributed by atoms with Crippen LogP contribution in [0.2, 0.25) is 0 Å². The van der Waals surface area contributed by atoms with Gasteiger partial charge in [-0.15, -0.1) is 0 Å². The Morgan fingerprint density at radius 2 is 1.89 bits per heavy atom. The number of benzene rings is 1. The van der Waals surface area contributed by atoms with Crippen molar-refractivity contribution in [2.24, 2.45) is 11.1 Å². The van der Waals surface area contributed by atoms with Crippen LogP contribution in [0.5, 0.6) is 0 Å². The highest BCUT2D eigenvalue weighted by atomic mass is 32.2. The van der Waals surface area contributed by atoms with Crippen LogP contribution in [-0.4, -0.2) is 13.7 Å². The lowest BCUT2D eigenvalue weighted by Gasteiger charge is -2.29. The van der Waals surface area contributed by atoms with Crippen LogP contribution in [0.15, 0.2) is 24.3 Å². The van der Waals surface area contributed by atoms with Crippen LogP contribution < -0.4 is 5.14 Å². The van der Waals surface area contributed by atoms with Crippen molar-refractivity contribution in [2.75, 3.05) is 0 Å². The Labute approximate surface area is 109 Å². The highest BCUT2D eigenvalue weighted by molar-refractivity contribution is 7.89. The lowest BCUT2D eigenvalue weighted by atomic mass is 9.84. The minimum absolute atomic E-state index is 0.220. The van der Waals surface area contributed by atoms with E-state index in [1.165, 1.54) is 5.56 Å².